The summed E-state index contributed by atoms with van der Waals surface area (Å²) in [6.07, 6.45) is 5.72. The van der Waals surface area contributed by atoms with Crippen LogP contribution in [0.1, 0.15) is 30.2 Å². The zero-order valence-corrected chi connectivity index (χ0v) is 31.7. The number of carbonyl (C=O) groups excluding carboxylic acids is 2. The Hall–Kier alpha value is -7.87. The molecule has 0 aliphatic rings. The number of nitrogens with one attached hydrogen (secondary N) is 2. The number of H-pyrrole nitrogens is 1. The minimum absolute atomic E-state index is 0.0319. The smallest absolute Gasteiger partial charge is 0.373 e. The topological polar surface area (TPSA) is 221 Å². The van der Waals surface area contributed by atoms with Crippen LogP contribution in [0.2, 0.25) is 0 Å². The Morgan fingerprint density at radius 2 is 1.33 bits per heavy atom. The van der Waals surface area contributed by atoms with Crippen molar-refractivity contribution in [3.63, 3.8) is 0 Å². The fraction of sp³-hybridized carbons (Fsp3) is 0.158. The molecule has 60 heavy (non-hydrogen) atoms. The van der Waals surface area contributed by atoms with Gasteiger partial charge in [-0.15, -0.1) is 0 Å². The van der Waals surface area contributed by atoms with Crippen LogP contribution in [0.5, 0.6) is 0 Å². The van der Waals surface area contributed by atoms with Crippen LogP contribution in [0.25, 0.3) is 34.3 Å². The van der Waals surface area contributed by atoms with Gasteiger partial charge in [0.25, 0.3) is 5.56 Å². The van der Waals surface area contributed by atoms with Gasteiger partial charge in [-0.2, -0.15) is 24.2 Å². The minimum Gasteiger partial charge on any atom is -0.382 e. The third-order valence-electron chi connectivity index (χ3n) is 7.64. The SMILES string of the molecule is CCC(F)=CN(C)C.N=C(N)c1cc(-c2ccon2)n(Cc2ccc(F)cc2F)n1.O=C=O.O=c1[nH]c(-c2cc(-c3ccon3)n(Cc3ccc(F)cc3F)n2)ncc1F. The van der Waals surface area contributed by atoms with Crippen LogP contribution in [-0.4, -0.2) is 70.8 Å². The molecule has 7 aromatic rings. The largest absolute Gasteiger partial charge is 0.382 e. The maximum Gasteiger partial charge on any atom is 0.373 e. The summed E-state index contributed by atoms with van der Waals surface area (Å²) in [7, 11) is 3.60. The van der Waals surface area contributed by atoms with E-state index in [1.165, 1.54) is 52.4 Å². The van der Waals surface area contributed by atoms with Gasteiger partial charge in [0.2, 0.25) is 5.82 Å². The zero-order valence-electron chi connectivity index (χ0n) is 31.7. The number of amidine groups is 1. The van der Waals surface area contributed by atoms with E-state index in [4.69, 9.17) is 29.8 Å². The summed E-state index contributed by atoms with van der Waals surface area (Å²) in [5.74, 6) is -4.03. The molecule has 0 spiro atoms. The Kier molecular flexibility index (Phi) is 15.7. The highest BCUT2D eigenvalue weighted by atomic mass is 19.2. The zero-order chi connectivity index (χ0) is 43.9. The van der Waals surface area contributed by atoms with Crippen molar-refractivity contribution in [2.45, 2.75) is 26.4 Å². The molecule has 0 saturated heterocycles. The van der Waals surface area contributed by atoms with Gasteiger partial charge in [0, 0.05) is 55.7 Å². The summed E-state index contributed by atoms with van der Waals surface area (Å²) in [4.78, 5) is 35.5. The van der Waals surface area contributed by atoms with Crippen LogP contribution in [0.3, 0.4) is 0 Å². The van der Waals surface area contributed by atoms with Gasteiger partial charge < -0.3 is 24.7 Å². The van der Waals surface area contributed by atoms with E-state index in [1.54, 1.807) is 44.1 Å². The summed E-state index contributed by atoms with van der Waals surface area (Å²) in [6, 6.07) is 12.8. The molecule has 0 atom stereocenters. The Balaban J connectivity index is 0.000000216. The van der Waals surface area contributed by atoms with Crippen molar-refractivity contribution in [2.75, 3.05) is 14.1 Å². The number of halogens is 6. The number of nitrogens with two attached hydrogens (primary N) is 1. The quantitative estimate of drug-likeness (QED) is 0.0810. The number of nitrogens with zero attached hydrogens (tertiary/aromatic N) is 8. The Morgan fingerprint density at radius 1 is 0.817 bits per heavy atom. The minimum atomic E-state index is -1.02. The fourth-order valence-corrected chi connectivity index (χ4v) is 4.93. The Labute approximate surface area is 335 Å². The van der Waals surface area contributed by atoms with Gasteiger partial charge in [0.05, 0.1) is 30.7 Å². The van der Waals surface area contributed by atoms with Gasteiger partial charge in [0.1, 0.15) is 70.2 Å². The molecule has 0 fully saturated rings. The van der Waals surface area contributed by atoms with E-state index in [-0.39, 0.29) is 59.2 Å². The number of aromatic nitrogens is 8. The summed E-state index contributed by atoms with van der Waals surface area (Å²) in [5.41, 5.74) is 7.22. The van der Waals surface area contributed by atoms with Crippen LogP contribution in [0, 0.1) is 34.5 Å². The fourth-order valence-electron chi connectivity index (χ4n) is 4.93. The lowest BCUT2D eigenvalue weighted by atomic mass is 10.2. The number of hydrogen-bond donors (Lipinski definition) is 3. The highest BCUT2D eigenvalue weighted by Crippen LogP contribution is 2.25. The van der Waals surface area contributed by atoms with Gasteiger partial charge in [-0.25, -0.2) is 26.9 Å². The number of rotatable bonds is 10. The third kappa shape index (κ3) is 12.3. The lowest BCUT2D eigenvalue weighted by Crippen LogP contribution is -2.13. The van der Waals surface area contributed by atoms with E-state index in [9.17, 15) is 31.1 Å². The van der Waals surface area contributed by atoms with E-state index in [1.807, 2.05) is 0 Å². The van der Waals surface area contributed by atoms with Gasteiger partial charge in [-0.05, 0) is 30.7 Å². The van der Waals surface area contributed by atoms with Crippen molar-refractivity contribution in [1.29, 1.82) is 5.41 Å². The van der Waals surface area contributed by atoms with E-state index < -0.39 is 34.6 Å². The maximum atomic E-state index is 14.0. The summed E-state index contributed by atoms with van der Waals surface area (Å²) in [6.45, 7) is 1.79. The van der Waals surface area contributed by atoms with Crippen molar-refractivity contribution >= 4 is 12.0 Å². The second-order valence-corrected chi connectivity index (χ2v) is 12.2. The third-order valence-corrected chi connectivity index (χ3v) is 7.64. The number of aromatic amines is 1. The number of allylic oxidation sites excluding steroid dienone is 1. The average molecular weight is 838 g/mol. The Morgan fingerprint density at radius 3 is 1.75 bits per heavy atom. The second kappa shape index (κ2) is 21.0. The highest BCUT2D eigenvalue weighted by molar-refractivity contribution is 5.94. The molecule has 22 heteroatoms. The van der Waals surface area contributed by atoms with E-state index in [0.717, 1.165) is 24.4 Å². The van der Waals surface area contributed by atoms with E-state index >= 15 is 0 Å². The number of benzene rings is 2. The molecule has 7 rings (SSSR count). The van der Waals surface area contributed by atoms with Gasteiger partial charge in [-0.1, -0.05) is 29.4 Å². The first-order valence-electron chi connectivity index (χ1n) is 17.1. The van der Waals surface area contributed by atoms with Crippen molar-refractivity contribution < 1.29 is 45.0 Å². The predicted octanol–water partition coefficient (Wildman–Crippen LogP) is 6.09. The molecule has 2 aromatic carbocycles. The van der Waals surface area contributed by atoms with E-state index in [0.29, 0.717) is 29.2 Å². The number of nitrogen functional groups attached to an aromatic ring is 1. The van der Waals surface area contributed by atoms with Gasteiger partial charge >= 0.3 is 6.15 Å². The molecule has 5 aromatic heterocycles. The number of hydrogen-bond acceptors (Lipinski definition) is 12. The van der Waals surface area contributed by atoms with E-state index in [2.05, 4.69) is 30.5 Å². The standard InChI is InChI=1S/C17H10F3N5O2.C14H11F2N5O.C6H12FN.CO2/c18-10-2-1-9(11(19)5-10)8-25-15(13-3-4-27-24-13)6-14(23-25)16-21-7-12(20)17(26)22-16;15-9-2-1-8(10(16)5-9)7-21-13(11-3-4-22-20-11)6-12(19-21)14(17)18;1-4-6(7)5-8(2)3;2-1-3/h1-7H,8H2,(H,21,22,26);1-6H,7H2,(H3,17,18);5H,4H2,1-3H3;. The van der Waals surface area contributed by atoms with Gasteiger partial charge in [-0.3, -0.25) is 19.6 Å². The molecule has 0 aliphatic carbocycles. The van der Waals surface area contributed by atoms with Crippen molar-refractivity contribution in [3.05, 3.63) is 148 Å². The molecular formula is C38H33F6N11O5. The maximum absolute atomic E-state index is 14.0. The molecule has 16 nitrogen and oxygen atoms in total. The average Bonchev–Trinajstić information content (AvgIpc) is 4.04. The second-order valence-electron chi connectivity index (χ2n) is 12.2. The van der Waals surface area contributed by atoms with Crippen LogP contribution in [-0.2, 0) is 22.7 Å². The molecule has 4 N–H and O–H groups in total. The Bertz CT molecular complexity index is 2630. The van der Waals surface area contributed by atoms with Crippen LogP contribution in [0.4, 0.5) is 26.3 Å². The molecule has 0 radical (unpaired) electrons. The predicted molar refractivity (Wildman–Crippen MR) is 199 cm³/mol. The lowest BCUT2D eigenvalue weighted by Gasteiger charge is -2.07. The summed E-state index contributed by atoms with van der Waals surface area (Å²) < 4.78 is 91.7. The summed E-state index contributed by atoms with van der Waals surface area (Å²) >= 11 is 0. The van der Waals surface area contributed by atoms with Crippen molar-refractivity contribution in [3.8, 4) is 34.3 Å². The normalized spacial score (nSPS) is 10.7. The summed E-state index contributed by atoms with van der Waals surface area (Å²) in [5, 5.41) is 23.5. The lowest BCUT2D eigenvalue weighted by molar-refractivity contribution is -0.191. The molecule has 5 heterocycles. The molecule has 0 unspecified atom stereocenters. The first kappa shape index (κ1) is 44.8. The highest BCUT2D eigenvalue weighted by Gasteiger charge is 2.18. The van der Waals surface area contributed by atoms with Crippen LogP contribution >= 0.6 is 0 Å². The van der Waals surface area contributed by atoms with Crippen molar-refractivity contribution in [1.82, 2.24) is 44.7 Å². The first-order valence-corrected chi connectivity index (χ1v) is 17.1. The first-order chi connectivity index (χ1) is 28.6. The molecule has 0 amide bonds. The molecule has 0 saturated carbocycles. The van der Waals surface area contributed by atoms with Crippen LogP contribution < -0.4 is 11.3 Å². The van der Waals surface area contributed by atoms with Gasteiger partial charge in [0.15, 0.2) is 5.82 Å². The molecule has 0 bridgehead atoms. The molecule has 0 aliphatic heterocycles. The molecule has 312 valence electrons. The van der Waals surface area contributed by atoms with Crippen LogP contribution in [0.15, 0.2) is 105 Å². The molecular weight excluding hydrogens is 804 g/mol. The monoisotopic (exact) mass is 837 g/mol. The van der Waals surface area contributed by atoms with Crippen molar-refractivity contribution in [2.24, 2.45) is 5.73 Å².